The van der Waals surface area contributed by atoms with Crippen LogP contribution in [0.4, 0.5) is 5.69 Å². The van der Waals surface area contributed by atoms with E-state index in [0.717, 1.165) is 29.0 Å². The Kier molecular flexibility index (Phi) is 7.27. The summed E-state index contributed by atoms with van der Waals surface area (Å²) < 4.78 is 11.4. The molecular weight excluding hydrogens is 390 g/mol. The minimum absolute atomic E-state index is 0.00755. The molecule has 0 amide bonds. The van der Waals surface area contributed by atoms with Crippen molar-refractivity contribution in [1.82, 2.24) is 0 Å². The van der Waals surface area contributed by atoms with Crippen LogP contribution in [-0.4, -0.2) is 18.4 Å². The molecule has 0 aliphatic rings. The molecule has 0 saturated carbocycles. The van der Waals surface area contributed by atoms with Gasteiger partial charge in [-0.05, 0) is 73.0 Å². The standard InChI is InChI=1S/C25H27N3O3/c1-3-17-14-19(16-22(15-17)31-21-8-6-5-7-9-21)23(25(29)30-4-2)28-20-12-10-18(11-13-20)24(26)27/h5-16,23,28H,3-4H2,1-2H3,(H3,26,27). The summed E-state index contributed by atoms with van der Waals surface area (Å²) in [5.74, 6) is 0.995. The van der Waals surface area contributed by atoms with E-state index in [-0.39, 0.29) is 18.4 Å². The molecule has 0 aromatic heterocycles. The molecule has 1 atom stereocenters. The number of aryl methyl sites for hydroxylation is 1. The smallest absolute Gasteiger partial charge is 0.333 e. The minimum Gasteiger partial charge on any atom is -0.464 e. The normalized spacial score (nSPS) is 11.4. The zero-order valence-electron chi connectivity index (χ0n) is 17.7. The van der Waals surface area contributed by atoms with Gasteiger partial charge in [0.1, 0.15) is 17.3 Å². The average molecular weight is 418 g/mol. The number of carbonyl (C=O) groups excluding carboxylic acids is 1. The maximum Gasteiger partial charge on any atom is 0.333 e. The number of nitrogen functional groups attached to an aromatic ring is 1. The molecule has 0 radical (unpaired) electrons. The van der Waals surface area contributed by atoms with Crippen LogP contribution in [0.1, 0.15) is 36.6 Å². The zero-order chi connectivity index (χ0) is 22.2. The van der Waals surface area contributed by atoms with Gasteiger partial charge in [0.25, 0.3) is 0 Å². The molecule has 31 heavy (non-hydrogen) atoms. The molecular formula is C25H27N3O3. The lowest BCUT2D eigenvalue weighted by molar-refractivity contribution is -0.144. The minimum atomic E-state index is -0.715. The summed E-state index contributed by atoms with van der Waals surface area (Å²) in [5, 5.41) is 10.8. The van der Waals surface area contributed by atoms with E-state index in [1.54, 1.807) is 31.2 Å². The van der Waals surface area contributed by atoms with Gasteiger partial charge in [-0.25, -0.2) is 4.79 Å². The Morgan fingerprint density at radius 2 is 1.71 bits per heavy atom. The van der Waals surface area contributed by atoms with Gasteiger partial charge in [0.2, 0.25) is 0 Å². The molecule has 0 saturated heterocycles. The summed E-state index contributed by atoms with van der Waals surface area (Å²) in [4.78, 5) is 12.8. The van der Waals surface area contributed by atoms with Crippen LogP contribution < -0.4 is 15.8 Å². The predicted molar refractivity (Wildman–Crippen MR) is 123 cm³/mol. The van der Waals surface area contributed by atoms with E-state index in [9.17, 15) is 4.79 Å². The van der Waals surface area contributed by atoms with Crippen molar-refractivity contribution >= 4 is 17.5 Å². The van der Waals surface area contributed by atoms with Crippen LogP contribution in [0.15, 0.2) is 72.8 Å². The molecule has 4 N–H and O–H groups in total. The first-order valence-electron chi connectivity index (χ1n) is 10.2. The number of carbonyl (C=O) groups is 1. The van der Waals surface area contributed by atoms with Crippen LogP contribution in [-0.2, 0) is 16.0 Å². The molecule has 0 aliphatic carbocycles. The largest absolute Gasteiger partial charge is 0.464 e. The van der Waals surface area contributed by atoms with Gasteiger partial charge in [-0.15, -0.1) is 0 Å². The van der Waals surface area contributed by atoms with Crippen molar-refractivity contribution in [2.45, 2.75) is 26.3 Å². The summed E-state index contributed by atoms with van der Waals surface area (Å²) in [6.45, 7) is 4.11. The Balaban J connectivity index is 1.94. The van der Waals surface area contributed by atoms with Crippen molar-refractivity contribution in [3.63, 3.8) is 0 Å². The number of anilines is 1. The molecule has 6 nitrogen and oxygen atoms in total. The van der Waals surface area contributed by atoms with Crippen molar-refractivity contribution in [1.29, 1.82) is 5.41 Å². The van der Waals surface area contributed by atoms with E-state index < -0.39 is 6.04 Å². The van der Waals surface area contributed by atoms with Crippen LogP contribution in [0.3, 0.4) is 0 Å². The van der Waals surface area contributed by atoms with Gasteiger partial charge in [0.05, 0.1) is 6.61 Å². The summed E-state index contributed by atoms with van der Waals surface area (Å²) in [5.41, 5.74) is 8.66. The predicted octanol–water partition coefficient (Wildman–Crippen LogP) is 5.04. The van der Waals surface area contributed by atoms with E-state index in [4.69, 9.17) is 20.6 Å². The first-order chi connectivity index (χ1) is 15.0. The van der Waals surface area contributed by atoms with Crippen molar-refractivity contribution in [3.8, 4) is 11.5 Å². The topological polar surface area (TPSA) is 97.4 Å². The second-order valence-corrected chi connectivity index (χ2v) is 7.00. The Hall–Kier alpha value is -3.80. The molecule has 1 unspecified atom stereocenters. The zero-order valence-corrected chi connectivity index (χ0v) is 17.7. The Labute approximate surface area is 182 Å². The molecule has 0 heterocycles. The molecule has 3 aromatic carbocycles. The number of benzene rings is 3. The molecule has 0 bridgehead atoms. The molecule has 0 spiro atoms. The third-order valence-electron chi connectivity index (χ3n) is 4.74. The third-order valence-corrected chi connectivity index (χ3v) is 4.74. The van der Waals surface area contributed by atoms with Crippen molar-refractivity contribution in [3.05, 3.63) is 89.5 Å². The van der Waals surface area contributed by atoms with Gasteiger partial charge in [0, 0.05) is 11.3 Å². The summed E-state index contributed by atoms with van der Waals surface area (Å²) in [6, 6.07) is 21.7. The quantitative estimate of drug-likeness (QED) is 0.257. The first kappa shape index (κ1) is 21.9. The molecule has 3 aromatic rings. The van der Waals surface area contributed by atoms with Crippen molar-refractivity contribution < 1.29 is 14.3 Å². The number of nitrogens with two attached hydrogens (primary N) is 1. The highest BCUT2D eigenvalue weighted by Gasteiger charge is 2.23. The molecule has 0 aliphatic heterocycles. The number of para-hydroxylation sites is 1. The van der Waals surface area contributed by atoms with E-state index in [2.05, 4.69) is 12.2 Å². The fourth-order valence-corrected chi connectivity index (χ4v) is 3.16. The highest BCUT2D eigenvalue weighted by atomic mass is 16.5. The number of hydrogen-bond donors (Lipinski definition) is 3. The van der Waals surface area contributed by atoms with Gasteiger partial charge in [-0.1, -0.05) is 31.2 Å². The maximum atomic E-state index is 12.8. The summed E-state index contributed by atoms with van der Waals surface area (Å²) in [7, 11) is 0. The van der Waals surface area contributed by atoms with Gasteiger partial charge < -0.3 is 20.5 Å². The van der Waals surface area contributed by atoms with E-state index >= 15 is 0 Å². The molecule has 160 valence electrons. The monoisotopic (exact) mass is 417 g/mol. The van der Waals surface area contributed by atoms with E-state index in [1.807, 2.05) is 48.5 Å². The molecule has 0 fully saturated rings. The number of nitrogens with one attached hydrogen (secondary N) is 2. The van der Waals surface area contributed by atoms with E-state index in [0.29, 0.717) is 11.3 Å². The Morgan fingerprint density at radius 1 is 1.00 bits per heavy atom. The lowest BCUT2D eigenvalue weighted by atomic mass is 10.0. The third kappa shape index (κ3) is 5.85. The number of rotatable bonds is 9. The molecule has 3 rings (SSSR count). The second kappa shape index (κ2) is 10.3. The van der Waals surface area contributed by atoms with Crippen molar-refractivity contribution in [2.24, 2.45) is 5.73 Å². The van der Waals surface area contributed by atoms with E-state index in [1.165, 1.54) is 0 Å². The van der Waals surface area contributed by atoms with Gasteiger partial charge in [-0.2, -0.15) is 0 Å². The van der Waals surface area contributed by atoms with Crippen molar-refractivity contribution in [2.75, 3.05) is 11.9 Å². The lowest BCUT2D eigenvalue weighted by Crippen LogP contribution is -2.23. The average Bonchev–Trinajstić information content (AvgIpc) is 2.78. The van der Waals surface area contributed by atoms with Crippen LogP contribution in [0.25, 0.3) is 0 Å². The summed E-state index contributed by atoms with van der Waals surface area (Å²) >= 11 is 0. The fraction of sp³-hybridized carbons (Fsp3) is 0.200. The van der Waals surface area contributed by atoms with Crippen LogP contribution in [0.2, 0.25) is 0 Å². The van der Waals surface area contributed by atoms with Gasteiger partial charge >= 0.3 is 5.97 Å². The fourth-order valence-electron chi connectivity index (χ4n) is 3.16. The maximum absolute atomic E-state index is 12.8. The highest BCUT2D eigenvalue weighted by molar-refractivity contribution is 5.95. The number of amidine groups is 1. The number of hydrogen-bond acceptors (Lipinski definition) is 5. The van der Waals surface area contributed by atoms with Crippen LogP contribution in [0.5, 0.6) is 11.5 Å². The Morgan fingerprint density at radius 3 is 2.32 bits per heavy atom. The van der Waals surface area contributed by atoms with Crippen LogP contribution >= 0.6 is 0 Å². The first-order valence-corrected chi connectivity index (χ1v) is 10.2. The summed E-state index contributed by atoms with van der Waals surface area (Å²) in [6.07, 6.45) is 0.793. The second-order valence-electron chi connectivity index (χ2n) is 7.00. The van der Waals surface area contributed by atoms with Crippen LogP contribution in [0, 0.1) is 5.41 Å². The SMILES string of the molecule is CCOC(=O)C(Nc1ccc(C(=N)N)cc1)c1cc(CC)cc(Oc2ccccc2)c1. The van der Waals surface area contributed by atoms with Gasteiger partial charge in [-0.3, -0.25) is 5.41 Å². The number of ether oxygens (including phenoxy) is 2. The highest BCUT2D eigenvalue weighted by Crippen LogP contribution is 2.29. The molecule has 6 heteroatoms. The Bertz CT molecular complexity index is 1030. The van der Waals surface area contributed by atoms with Gasteiger partial charge in [0.15, 0.2) is 6.04 Å². The lowest BCUT2D eigenvalue weighted by Gasteiger charge is -2.21. The number of esters is 1.